The number of halogens is 2. The monoisotopic (exact) mass is 284 g/mol. The highest BCUT2D eigenvalue weighted by molar-refractivity contribution is 7.80. The van der Waals surface area contributed by atoms with E-state index in [2.05, 4.69) is 4.90 Å². The van der Waals surface area contributed by atoms with E-state index in [4.69, 9.17) is 18.0 Å². The van der Waals surface area contributed by atoms with E-state index in [9.17, 15) is 8.78 Å². The topological polar surface area (TPSA) is 29.3 Å². The highest BCUT2D eigenvalue weighted by atomic mass is 32.1. The predicted octanol–water partition coefficient (Wildman–Crippen LogP) is 2.51. The van der Waals surface area contributed by atoms with Crippen LogP contribution in [0.2, 0.25) is 0 Å². The zero-order chi connectivity index (χ0) is 13.8. The van der Waals surface area contributed by atoms with Crippen molar-refractivity contribution in [2.45, 2.75) is 19.3 Å². The number of nitrogens with two attached hydrogens (primary N) is 1. The average Bonchev–Trinajstić information content (AvgIpc) is 2.37. The summed E-state index contributed by atoms with van der Waals surface area (Å²) in [4.78, 5) is 2.92. The summed E-state index contributed by atoms with van der Waals surface area (Å²) in [6, 6.07) is 3.74. The molecule has 5 heteroatoms. The Morgan fingerprint density at radius 3 is 2.32 bits per heavy atom. The highest BCUT2D eigenvalue weighted by Crippen LogP contribution is 2.22. The Morgan fingerprint density at radius 2 is 1.79 bits per heavy atom. The molecule has 0 radical (unpaired) electrons. The van der Waals surface area contributed by atoms with Gasteiger partial charge in [0.2, 0.25) is 0 Å². The second-order valence-electron chi connectivity index (χ2n) is 5.01. The number of rotatable bonds is 3. The van der Waals surface area contributed by atoms with Crippen molar-refractivity contribution in [3.05, 3.63) is 35.4 Å². The molecule has 0 aromatic heterocycles. The minimum Gasteiger partial charge on any atom is -0.365 e. The zero-order valence-electron chi connectivity index (χ0n) is 10.7. The Labute approximate surface area is 117 Å². The van der Waals surface area contributed by atoms with Gasteiger partial charge >= 0.3 is 0 Å². The first-order valence-corrected chi connectivity index (χ1v) is 6.92. The quantitative estimate of drug-likeness (QED) is 0.865. The molecule has 0 bridgehead atoms. The first-order valence-electron chi connectivity index (χ1n) is 6.51. The van der Waals surface area contributed by atoms with Crippen LogP contribution in [-0.4, -0.2) is 29.5 Å². The van der Waals surface area contributed by atoms with Crippen LogP contribution in [0, 0.1) is 17.6 Å². The maximum absolute atomic E-state index is 13.1. The van der Waals surface area contributed by atoms with Crippen molar-refractivity contribution in [3.63, 3.8) is 0 Å². The molecule has 0 unspecified atom stereocenters. The number of piperidine rings is 1. The van der Waals surface area contributed by atoms with Crippen molar-refractivity contribution >= 4 is 17.2 Å². The maximum Gasteiger partial charge on any atom is 0.126 e. The van der Waals surface area contributed by atoms with Gasteiger partial charge in [0.1, 0.15) is 11.6 Å². The number of hydrogen-bond donors (Lipinski definition) is 1. The molecule has 0 spiro atoms. The third kappa shape index (κ3) is 3.94. The minimum absolute atomic E-state index is 0.412. The van der Waals surface area contributed by atoms with Crippen molar-refractivity contribution in [1.82, 2.24) is 4.90 Å². The van der Waals surface area contributed by atoms with Gasteiger partial charge in [-0.15, -0.1) is 0 Å². The summed E-state index contributed by atoms with van der Waals surface area (Å²) >= 11 is 5.18. The van der Waals surface area contributed by atoms with Crippen LogP contribution in [0.4, 0.5) is 8.78 Å². The van der Waals surface area contributed by atoms with Gasteiger partial charge in [-0.3, -0.25) is 0 Å². The number of thiocarbonyl (C=S) groups is 1. The van der Waals surface area contributed by atoms with E-state index in [1.807, 2.05) is 0 Å². The standard InChI is InChI=1S/C14H18F2N2S/c15-12-6-11(7-13(16)8-12)5-10-1-3-18(4-2-10)14(19)9-17/h6-8,10H,1-5,9,17H2. The van der Waals surface area contributed by atoms with Crippen LogP contribution in [0.3, 0.4) is 0 Å². The summed E-state index contributed by atoms with van der Waals surface area (Å²) in [5.41, 5.74) is 6.26. The molecule has 1 fully saturated rings. The molecule has 0 amide bonds. The smallest absolute Gasteiger partial charge is 0.126 e. The van der Waals surface area contributed by atoms with Crippen LogP contribution in [0.5, 0.6) is 0 Å². The molecule has 0 atom stereocenters. The van der Waals surface area contributed by atoms with E-state index in [0.717, 1.165) is 49.0 Å². The van der Waals surface area contributed by atoms with Crippen molar-refractivity contribution in [2.75, 3.05) is 19.6 Å². The maximum atomic E-state index is 13.1. The molecule has 1 aliphatic heterocycles. The van der Waals surface area contributed by atoms with E-state index < -0.39 is 11.6 Å². The van der Waals surface area contributed by atoms with Gasteiger partial charge < -0.3 is 10.6 Å². The second-order valence-corrected chi connectivity index (χ2v) is 5.48. The third-order valence-corrected chi connectivity index (χ3v) is 4.01. The molecule has 1 aromatic rings. The lowest BCUT2D eigenvalue weighted by Crippen LogP contribution is -2.40. The average molecular weight is 284 g/mol. The first-order chi connectivity index (χ1) is 9.08. The zero-order valence-corrected chi connectivity index (χ0v) is 11.6. The van der Waals surface area contributed by atoms with Crippen LogP contribution in [0.1, 0.15) is 18.4 Å². The highest BCUT2D eigenvalue weighted by Gasteiger charge is 2.20. The van der Waals surface area contributed by atoms with Crippen LogP contribution in [-0.2, 0) is 6.42 Å². The van der Waals surface area contributed by atoms with Crippen LogP contribution < -0.4 is 5.73 Å². The Balaban J connectivity index is 1.90. The molecule has 2 N–H and O–H groups in total. The lowest BCUT2D eigenvalue weighted by molar-refractivity contribution is 0.266. The molecule has 2 rings (SSSR count). The van der Waals surface area contributed by atoms with E-state index in [1.54, 1.807) is 0 Å². The number of nitrogens with zero attached hydrogens (tertiary/aromatic N) is 1. The van der Waals surface area contributed by atoms with Crippen molar-refractivity contribution in [3.8, 4) is 0 Å². The van der Waals surface area contributed by atoms with Crippen LogP contribution in [0.15, 0.2) is 18.2 Å². The van der Waals surface area contributed by atoms with Crippen LogP contribution in [0.25, 0.3) is 0 Å². The second kappa shape index (κ2) is 6.39. The molecular weight excluding hydrogens is 266 g/mol. The summed E-state index contributed by atoms with van der Waals surface area (Å²) in [6.45, 7) is 2.19. The van der Waals surface area contributed by atoms with E-state index in [0.29, 0.717) is 12.5 Å². The van der Waals surface area contributed by atoms with Gasteiger partial charge in [-0.25, -0.2) is 8.78 Å². The number of hydrogen-bond acceptors (Lipinski definition) is 2. The molecule has 2 nitrogen and oxygen atoms in total. The van der Waals surface area contributed by atoms with E-state index in [-0.39, 0.29) is 0 Å². The van der Waals surface area contributed by atoms with Crippen molar-refractivity contribution in [2.24, 2.45) is 11.7 Å². The Kier molecular flexibility index (Phi) is 4.82. The van der Waals surface area contributed by atoms with Crippen molar-refractivity contribution in [1.29, 1.82) is 0 Å². The van der Waals surface area contributed by atoms with Gasteiger partial charge in [0.25, 0.3) is 0 Å². The van der Waals surface area contributed by atoms with Gasteiger partial charge in [-0.2, -0.15) is 0 Å². The molecule has 0 aliphatic carbocycles. The molecule has 1 aromatic carbocycles. The van der Waals surface area contributed by atoms with Crippen LogP contribution >= 0.6 is 12.2 Å². The fourth-order valence-electron chi connectivity index (χ4n) is 2.58. The fraction of sp³-hybridized carbons (Fsp3) is 0.500. The van der Waals surface area contributed by atoms with Crippen molar-refractivity contribution < 1.29 is 8.78 Å². The number of likely N-dealkylation sites (tertiary alicyclic amines) is 1. The SMILES string of the molecule is NCC(=S)N1CCC(Cc2cc(F)cc(F)c2)CC1. The van der Waals surface area contributed by atoms with Gasteiger partial charge in [0, 0.05) is 25.7 Å². The lowest BCUT2D eigenvalue weighted by Gasteiger charge is -2.33. The lowest BCUT2D eigenvalue weighted by atomic mass is 9.90. The molecule has 104 valence electrons. The van der Waals surface area contributed by atoms with Gasteiger partial charge in [-0.05, 0) is 42.9 Å². The molecule has 0 saturated carbocycles. The summed E-state index contributed by atoms with van der Waals surface area (Å²) < 4.78 is 26.2. The molecule has 1 saturated heterocycles. The first kappa shape index (κ1) is 14.3. The van der Waals surface area contributed by atoms with Gasteiger partial charge in [0.15, 0.2) is 0 Å². The molecule has 19 heavy (non-hydrogen) atoms. The van der Waals surface area contributed by atoms with Gasteiger partial charge in [-0.1, -0.05) is 12.2 Å². The summed E-state index contributed by atoms with van der Waals surface area (Å²) in [6.07, 6.45) is 2.69. The molecule has 1 heterocycles. The van der Waals surface area contributed by atoms with Gasteiger partial charge in [0.05, 0.1) is 4.99 Å². The summed E-state index contributed by atoms with van der Waals surface area (Å²) in [5.74, 6) is -0.550. The predicted molar refractivity (Wildman–Crippen MR) is 76.0 cm³/mol. The fourth-order valence-corrected chi connectivity index (χ4v) is 2.76. The van der Waals surface area contributed by atoms with E-state index >= 15 is 0 Å². The molecular formula is C14H18F2N2S. The third-order valence-electron chi connectivity index (χ3n) is 3.59. The van der Waals surface area contributed by atoms with E-state index in [1.165, 1.54) is 12.1 Å². The Morgan fingerprint density at radius 1 is 1.21 bits per heavy atom. The summed E-state index contributed by atoms with van der Waals surface area (Å²) in [7, 11) is 0. The molecule has 1 aliphatic rings. The largest absolute Gasteiger partial charge is 0.365 e. The normalized spacial score (nSPS) is 16.7. The summed E-state index contributed by atoms with van der Waals surface area (Å²) in [5, 5.41) is 0. The Bertz CT molecular complexity index is 437. The Hall–Kier alpha value is -1.07. The number of benzene rings is 1. The minimum atomic E-state index is -0.503.